The van der Waals surface area contributed by atoms with E-state index in [1.165, 1.54) is 0 Å². The number of aromatic nitrogens is 1. The number of halogens is 1. The van der Waals surface area contributed by atoms with Gasteiger partial charge in [-0.05, 0) is 37.1 Å². The smallest absolute Gasteiger partial charge is 0.339 e. The molecule has 21 heavy (non-hydrogen) atoms. The summed E-state index contributed by atoms with van der Waals surface area (Å²) >= 11 is 5.89. The number of carboxylic acids is 1. The Kier molecular flexibility index (Phi) is 3.80. The van der Waals surface area contributed by atoms with E-state index in [-0.39, 0.29) is 5.56 Å². The molecule has 3 rings (SSSR count). The number of rotatable bonds is 3. The SMILES string of the molecule is O=C(O)c1ccc(-c2ccc(Cl)cc2)nc1N1CCCC1. The van der Waals surface area contributed by atoms with Gasteiger partial charge in [0.1, 0.15) is 11.4 Å². The van der Waals surface area contributed by atoms with Gasteiger partial charge in [-0.1, -0.05) is 23.7 Å². The molecule has 0 bridgehead atoms. The average Bonchev–Trinajstić information content (AvgIpc) is 3.01. The fourth-order valence-electron chi connectivity index (χ4n) is 2.57. The molecule has 1 fully saturated rings. The van der Waals surface area contributed by atoms with Crippen molar-refractivity contribution in [2.45, 2.75) is 12.8 Å². The summed E-state index contributed by atoms with van der Waals surface area (Å²) in [6.07, 6.45) is 2.15. The van der Waals surface area contributed by atoms with E-state index in [0.717, 1.165) is 37.2 Å². The average molecular weight is 303 g/mol. The van der Waals surface area contributed by atoms with Crippen LogP contribution < -0.4 is 4.90 Å². The maximum Gasteiger partial charge on any atom is 0.339 e. The first kappa shape index (κ1) is 13.9. The second-order valence-electron chi connectivity index (χ2n) is 5.07. The van der Waals surface area contributed by atoms with Gasteiger partial charge in [-0.2, -0.15) is 0 Å². The zero-order valence-corrected chi connectivity index (χ0v) is 12.2. The molecule has 1 saturated heterocycles. The fraction of sp³-hybridized carbons (Fsp3) is 0.250. The molecule has 1 aliphatic heterocycles. The first-order valence-corrected chi connectivity index (χ1v) is 7.28. The molecule has 0 aliphatic carbocycles. The second kappa shape index (κ2) is 5.74. The van der Waals surface area contributed by atoms with Crippen molar-refractivity contribution < 1.29 is 9.90 Å². The van der Waals surface area contributed by atoms with E-state index >= 15 is 0 Å². The normalized spacial score (nSPS) is 14.4. The van der Waals surface area contributed by atoms with Gasteiger partial charge in [0.2, 0.25) is 0 Å². The largest absolute Gasteiger partial charge is 0.478 e. The fourth-order valence-corrected chi connectivity index (χ4v) is 2.69. The van der Waals surface area contributed by atoms with Crippen molar-refractivity contribution >= 4 is 23.4 Å². The molecule has 0 spiro atoms. The lowest BCUT2D eigenvalue weighted by atomic mass is 10.1. The zero-order valence-electron chi connectivity index (χ0n) is 11.4. The van der Waals surface area contributed by atoms with Gasteiger partial charge < -0.3 is 10.0 Å². The Morgan fingerprint density at radius 2 is 1.76 bits per heavy atom. The van der Waals surface area contributed by atoms with Gasteiger partial charge >= 0.3 is 5.97 Å². The number of hydrogen-bond donors (Lipinski definition) is 1. The van der Waals surface area contributed by atoms with Gasteiger partial charge in [0, 0.05) is 23.7 Å². The van der Waals surface area contributed by atoms with Gasteiger partial charge in [0.15, 0.2) is 0 Å². The van der Waals surface area contributed by atoms with E-state index in [1.807, 2.05) is 17.0 Å². The van der Waals surface area contributed by atoms with E-state index in [0.29, 0.717) is 10.8 Å². The molecule has 4 nitrogen and oxygen atoms in total. The van der Waals surface area contributed by atoms with Crippen LogP contribution in [-0.4, -0.2) is 29.1 Å². The summed E-state index contributed by atoms with van der Waals surface area (Å²) in [6, 6.07) is 10.8. The quantitative estimate of drug-likeness (QED) is 0.939. The molecule has 0 saturated carbocycles. The number of benzene rings is 1. The summed E-state index contributed by atoms with van der Waals surface area (Å²) in [5.41, 5.74) is 1.95. The van der Waals surface area contributed by atoms with E-state index in [9.17, 15) is 9.90 Å². The van der Waals surface area contributed by atoms with Crippen molar-refractivity contribution in [3.8, 4) is 11.3 Å². The summed E-state index contributed by atoms with van der Waals surface area (Å²) in [5, 5.41) is 10.0. The Labute approximate surface area is 128 Å². The molecule has 0 atom stereocenters. The van der Waals surface area contributed by atoms with E-state index in [1.54, 1.807) is 24.3 Å². The Morgan fingerprint density at radius 1 is 1.10 bits per heavy atom. The van der Waals surface area contributed by atoms with Gasteiger partial charge in [-0.25, -0.2) is 9.78 Å². The predicted molar refractivity (Wildman–Crippen MR) is 83.1 cm³/mol. The van der Waals surface area contributed by atoms with Crippen LogP contribution in [0.3, 0.4) is 0 Å². The number of pyridine rings is 1. The molecule has 1 aromatic heterocycles. The van der Waals surface area contributed by atoms with E-state index in [2.05, 4.69) is 4.98 Å². The Balaban J connectivity index is 2.05. The molecule has 108 valence electrons. The van der Waals surface area contributed by atoms with Crippen molar-refractivity contribution in [1.82, 2.24) is 4.98 Å². The minimum absolute atomic E-state index is 0.259. The van der Waals surface area contributed by atoms with Crippen molar-refractivity contribution in [1.29, 1.82) is 0 Å². The van der Waals surface area contributed by atoms with Crippen LogP contribution in [0.4, 0.5) is 5.82 Å². The Morgan fingerprint density at radius 3 is 2.38 bits per heavy atom. The van der Waals surface area contributed by atoms with Crippen molar-refractivity contribution in [3.63, 3.8) is 0 Å². The molecule has 2 heterocycles. The molecule has 1 aliphatic rings. The van der Waals surface area contributed by atoms with Crippen LogP contribution in [0.2, 0.25) is 5.02 Å². The van der Waals surface area contributed by atoms with Crippen LogP contribution in [0.15, 0.2) is 36.4 Å². The van der Waals surface area contributed by atoms with Gasteiger partial charge in [0.05, 0.1) is 5.69 Å². The first-order valence-electron chi connectivity index (χ1n) is 6.90. The Hall–Kier alpha value is -2.07. The number of carboxylic acid groups (broad SMARTS) is 1. The number of carbonyl (C=O) groups is 1. The maximum atomic E-state index is 11.4. The summed E-state index contributed by atoms with van der Waals surface area (Å²) in [6.45, 7) is 1.72. The lowest BCUT2D eigenvalue weighted by Crippen LogP contribution is -2.22. The van der Waals surface area contributed by atoms with Crippen LogP contribution in [-0.2, 0) is 0 Å². The van der Waals surface area contributed by atoms with Gasteiger partial charge in [-0.15, -0.1) is 0 Å². The molecule has 5 heteroatoms. The van der Waals surface area contributed by atoms with Crippen LogP contribution >= 0.6 is 11.6 Å². The summed E-state index contributed by atoms with van der Waals surface area (Å²) < 4.78 is 0. The van der Waals surface area contributed by atoms with Crippen LogP contribution in [0.5, 0.6) is 0 Å². The minimum atomic E-state index is -0.938. The lowest BCUT2D eigenvalue weighted by Gasteiger charge is -2.19. The molecular weight excluding hydrogens is 288 g/mol. The second-order valence-corrected chi connectivity index (χ2v) is 5.51. The van der Waals surface area contributed by atoms with Crippen LogP contribution in [0.1, 0.15) is 23.2 Å². The van der Waals surface area contributed by atoms with E-state index in [4.69, 9.17) is 11.6 Å². The molecule has 2 aromatic rings. The topological polar surface area (TPSA) is 53.4 Å². The molecule has 1 N–H and O–H groups in total. The predicted octanol–water partition coefficient (Wildman–Crippen LogP) is 3.70. The number of aromatic carboxylic acids is 1. The molecule has 0 amide bonds. The molecule has 0 unspecified atom stereocenters. The monoisotopic (exact) mass is 302 g/mol. The molecular formula is C16H15ClN2O2. The summed E-state index contributed by atoms with van der Waals surface area (Å²) in [4.78, 5) is 18.0. The van der Waals surface area contributed by atoms with E-state index < -0.39 is 5.97 Å². The van der Waals surface area contributed by atoms with Gasteiger partial charge in [0.25, 0.3) is 0 Å². The summed E-state index contributed by atoms with van der Waals surface area (Å²) in [7, 11) is 0. The van der Waals surface area contributed by atoms with Gasteiger partial charge in [-0.3, -0.25) is 0 Å². The van der Waals surface area contributed by atoms with Crippen LogP contribution in [0, 0.1) is 0 Å². The van der Waals surface area contributed by atoms with Crippen molar-refractivity contribution in [2.24, 2.45) is 0 Å². The maximum absolute atomic E-state index is 11.4. The van der Waals surface area contributed by atoms with Crippen molar-refractivity contribution in [3.05, 3.63) is 47.0 Å². The number of nitrogens with zero attached hydrogens (tertiary/aromatic N) is 2. The van der Waals surface area contributed by atoms with Crippen molar-refractivity contribution in [2.75, 3.05) is 18.0 Å². The summed E-state index contributed by atoms with van der Waals surface area (Å²) in [5.74, 6) is -0.375. The third-order valence-corrected chi connectivity index (χ3v) is 3.90. The minimum Gasteiger partial charge on any atom is -0.478 e. The number of anilines is 1. The number of hydrogen-bond acceptors (Lipinski definition) is 3. The molecule has 0 radical (unpaired) electrons. The van der Waals surface area contributed by atoms with Crippen LogP contribution in [0.25, 0.3) is 11.3 Å². The third-order valence-electron chi connectivity index (χ3n) is 3.65. The highest BCUT2D eigenvalue weighted by Crippen LogP contribution is 2.27. The zero-order chi connectivity index (χ0) is 14.8. The first-order chi connectivity index (χ1) is 10.1. The highest BCUT2D eigenvalue weighted by atomic mass is 35.5. The third kappa shape index (κ3) is 2.85. The lowest BCUT2D eigenvalue weighted by molar-refractivity contribution is 0.0697. The Bertz CT molecular complexity index is 664. The highest BCUT2D eigenvalue weighted by molar-refractivity contribution is 6.30. The molecule has 1 aromatic carbocycles. The highest BCUT2D eigenvalue weighted by Gasteiger charge is 2.21. The standard InChI is InChI=1S/C16H15ClN2O2/c17-12-5-3-11(4-6-12)14-8-7-13(16(20)21)15(18-14)19-9-1-2-10-19/h3-8H,1-2,9-10H2,(H,20,21).